The van der Waals surface area contributed by atoms with Crippen molar-refractivity contribution in [2.24, 2.45) is 0 Å². The second-order valence-corrected chi connectivity index (χ2v) is 7.84. The van der Waals surface area contributed by atoms with Crippen LogP contribution in [0.2, 0.25) is 10.0 Å². The van der Waals surface area contributed by atoms with Gasteiger partial charge in [-0.25, -0.2) is 9.59 Å². The number of ether oxygens (including phenoxy) is 2. The molecule has 1 aliphatic heterocycles. The van der Waals surface area contributed by atoms with Gasteiger partial charge in [-0.05, 0) is 47.9 Å². The highest BCUT2D eigenvalue weighted by atomic mass is 35.5. The van der Waals surface area contributed by atoms with E-state index in [1.54, 1.807) is 46.9 Å². The first-order valence-electron chi connectivity index (χ1n) is 9.76. The number of esters is 2. The SMILES string of the molecule is C#CC(=O)OC.COC(=O)c1cc(-c2ccc(Cl)cc2)c(=O)n2c1-c1cc(Cl)ccc1CC2. The first-order chi connectivity index (χ1) is 15.8. The fraction of sp³-hybridized carbons (Fsp3) is 0.160. The largest absolute Gasteiger partial charge is 0.465 e. The molecule has 0 unspecified atom stereocenters. The van der Waals surface area contributed by atoms with Crippen LogP contribution in [0.3, 0.4) is 0 Å². The zero-order chi connectivity index (χ0) is 24.1. The minimum absolute atomic E-state index is 0.161. The summed E-state index contributed by atoms with van der Waals surface area (Å²) in [5.74, 6) is 0.625. The molecule has 0 fully saturated rings. The molecule has 0 aliphatic carbocycles. The first-order valence-corrected chi connectivity index (χ1v) is 10.5. The van der Waals surface area contributed by atoms with Crippen LogP contribution in [0.15, 0.2) is 53.3 Å². The van der Waals surface area contributed by atoms with Gasteiger partial charge in [0.05, 0.1) is 25.5 Å². The number of fused-ring (bicyclic) bond motifs is 3. The third-order valence-corrected chi connectivity index (χ3v) is 5.57. The summed E-state index contributed by atoms with van der Waals surface area (Å²) in [5.41, 5.74) is 3.68. The van der Waals surface area contributed by atoms with Gasteiger partial charge in [-0.1, -0.05) is 41.4 Å². The van der Waals surface area contributed by atoms with E-state index in [9.17, 15) is 14.4 Å². The van der Waals surface area contributed by atoms with Crippen LogP contribution in [-0.4, -0.2) is 30.7 Å². The number of rotatable bonds is 2. The molecule has 3 aromatic rings. The summed E-state index contributed by atoms with van der Waals surface area (Å²) < 4.78 is 10.6. The minimum atomic E-state index is -0.630. The van der Waals surface area contributed by atoms with Crippen LogP contribution in [0.4, 0.5) is 0 Å². The van der Waals surface area contributed by atoms with E-state index in [4.69, 9.17) is 27.9 Å². The summed E-state index contributed by atoms with van der Waals surface area (Å²) in [5, 5.41) is 1.13. The predicted octanol–water partition coefficient (Wildman–Crippen LogP) is 4.62. The molecule has 0 N–H and O–H groups in total. The van der Waals surface area contributed by atoms with Gasteiger partial charge < -0.3 is 14.0 Å². The van der Waals surface area contributed by atoms with Gasteiger partial charge in [0.2, 0.25) is 0 Å². The fourth-order valence-electron chi connectivity index (χ4n) is 3.55. The molecule has 0 atom stereocenters. The van der Waals surface area contributed by atoms with Crippen LogP contribution < -0.4 is 5.56 Å². The summed E-state index contributed by atoms with van der Waals surface area (Å²) >= 11 is 12.1. The van der Waals surface area contributed by atoms with Crippen LogP contribution in [0.5, 0.6) is 0 Å². The van der Waals surface area contributed by atoms with E-state index >= 15 is 0 Å². The molecule has 1 aromatic heterocycles. The van der Waals surface area contributed by atoms with Crippen LogP contribution in [0.1, 0.15) is 15.9 Å². The molecule has 0 saturated heterocycles. The van der Waals surface area contributed by atoms with Crippen molar-refractivity contribution in [2.45, 2.75) is 13.0 Å². The Labute approximate surface area is 200 Å². The topological polar surface area (TPSA) is 74.6 Å². The highest BCUT2D eigenvalue weighted by Crippen LogP contribution is 2.35. The van der Waals surface area contributed by atoms with Crippen molar-refractivity contribution in [2.75, 3.05) is 14.2 Å². The lowest BCUT2D eigenvalue weighted by Gasteiger charge is -2.25. The number of hydrogen-bond acceptors (Lipinski definition) is 5. The smallest absolute Gasteiger partial charge is 0.383 e. The Morgan fingerprint density at radius 1 is 0.970 bits per heavy atom. The minimum Gasteiger partial charge on any atom is -0.465 e. The molecule has 0 amide bonds. The van der Waals surface area contributed by atoms with Crippen LogP contribution in [0, 0.1) is 12.3 Å². The van der Waals surface area contributed by atoms with E-state index in [1.165, 1.54) is 14.2 Å². The molecule has 2 aromatic carbocycles. The summed E-state index contributed by atoms with van der Waals surface area (Å²) in [4.78, 5) is 35.5. The monoisotopic (exact) mass is 483 g/mol. The molecule has 0 spiro atoms. The average Bonchev–Trinajstić information content (AvgIpc) is 2.84. The number of benzene rings is 2. The third kappa shape index (κ3) is 5.11. The zero-order valence-electron chi connectivity index (χ0n) is 17.9. The Morgan fingerprint density at radius 3 is 2.21 bits per heavy atom. The molecule has 4 rings (SSSR count). The lowest BCUT2D eigenvalue weighted by atomic mass is 9.92. The highest BCUT2D eigenvalue weighted by molar-refractivity contribution is 6.31. The number of aryl methyl sites for hydroxylation is 1. The van der Waals surface area contributed by atoms with E-state index in [1.807, 2.05) is 12.1 Å². The van der Waals surface area contributed by atoms with E-state index in [-0.39, 0.29) is 5.56 Å². The normalized spacial score (nSPS) is 11.1. The lowest BCUT2D eigenvalue weighted by molar-refractivity contribution is -0.133. The maximum atomic E-state index is 13.2. The van der Waals surface area contributed by atoms with Crippen LogP contribution in [0.25, 0.3) is 22.4 Å². The number of carbonyl (C=O) groups is 2. The molecular formula is C25H19Cl2NO5. The number of nitrogens with zero attached hydrogens (tertiary/aromatic N) is 1. The van der Waals surface area contributed by atoms with Crippen LogP contribution >= 0.6 is 23.2 Å². The molecule has 168 valence electrons. The number of carbonyl (C=O) groups excluding carboxylic acids is 2. The number of pyridine rings is 1. The van der Waals surface area contributed by atoms with Gasteiger partial charge in [-0.2, -0.15) is 0 Å². The van der Waals surface area contributed by atoms with E-state index in [0.717, 1.165) is 11.1 Å². The van der Waals surface area contributed by atoms with Crippen molar-refractivity contribution in [3.05, 3.63) is 80.1 Å². The summed E-state index contributed by atoms with van der Waals surface area (Å²) in [6, 6.07) is 14.1. The molecule has 33 heavy (non-hydrogen) atoms. The second-order valence-electron chi connectivity index (χ2n) is 6.96. The van der Waals surface area contributed by atoms with Crippen molar-refractivity contribution < 1.29 is 19.1 Å². The predicted molar refractivity (Wildman–Crippen MR) is 127 cm³/mol. The van der Waals surface area contributed by atoms with Crippen molar-refractivity contribution >= 4 is 35.1 Å². The maximum Gasteiger partial charge on any atom is 0.383 e. The van der Waals surface area contributed by atoms with Gasteiger partial charge in [0.25, 0.3) is 5.56 Å². The molecule has 0 bridgehead atoms. The van der Waals surface area contributed by atoms with Crippen molar-refractivity contribution in [3.63, 3.8) is 0 Å². The Kier molecular flexibility index (Phi) is 7.59. The van der Waals surface area contributed by atoms with Gasteiger partial charge in [0.15, 0.2) is 0 Å². The first kappa shape index (κ1) is 24.1. The second kappa shape index (κ2) is 10.4. The van der Waals surface area contributed by atoms with Gasteiger partial charge >= 0.3 is 11.9 Å². The standard InChI is InChI=1S/C21H15Cl2NO3.C4H4O2/c1-27-21(26)18-11-17(12-2-5-14(22)6-3-12)20(25)24-9-8-13-4-7-15(23)10-16(13)19(18)24;1-3-4(5)6-2/h2-7,10-11H,8-9H2,1H3;1H,2H3. The Morgan fingerprint density at radius 2 is 1.64 bits per heavy atom. The number of halogens is 2. The summed E-state index contributed by atoms with van der Waals surface area (Å²) in [7, 11) is 2.57. The number of terminal acetylenes is 1. The molecular weight excluding hydrogens is 465 g/mol. The van der Waals surface area contributed by atoms with E-state index in [2.05, 4.69) is 11.2 Å². The highest BCUT2D eigenvalue weighted by Gasteiger charge is 2.26. The molecule has 2 heterocycles. The Balaban J connectivity index is 0.000000454. The fourth-order valence-corrected chi connectivity index (χ4v) is 3.85. The lowest BCUT2D eigenvalue weighted by Crippen LogP contribution is -2.29. The van der Waals surface area contributed by atoms with Gasteiger partial charge in [0, 0.05) is 33.6 Å². The number of methoxy groups -OCH3 is 2. The van der Waals surface area contributed by atoms with Crippen LogP contribution in [-0.2, 0) is 27.2 Å². The molecule has 6 nitrogen and oxygen atoms in total. The Hall–Kier alpha value is -3.53. The van der Waals surface area contributed by atoms with Crippen molar-refractivity contribution in [1.82, 2.24) is 4.57 Å². The van der Waals surface area contributed by atoms with E-state index in [0.29, 0.717) is 45.4 Å². The maximum absolute atomic E-state index is 13.2. The zero-order valence-corrected chi connectivity index (χ0v) is 19.4. The number of hydrogen-bond donors (Lipinski definition) is 0. The third-order valence-electron chi connectivity index (χ3n) is 5.08. The van der Waals surface area contributed by atoms with Gasteiger partial charge in [-0.3, -0.25) is 4.79 Å². The van der Waals surface area contributed by atoms with Crippen molar-refractivity contribution in [1.29, 1.82) is 0 Å². The van der Waals surface area contributed by atoms with Gasteiger partial charge in [-0.15, -0.1) is 6.42 Å². The van der Waals surface area contributed by atoms with E-state index < -0.39 is 11.9 Å². The number of aromatic nitrogens is 1. The quantitative estimate of drug-likeness (QED) is 0.302. The average molecular weight is 484 g/mol. The molecule has 0 radical (unpaired) electrons. The summed E-state index contributed by atoms with van der Waals surface area (Å²) in [6.45, 7) is 0.480. The van der Waals surface area contributed by atoms with Gasteiger partial charge in [0.1, 0.15) is 0 Å². The Bertz CT molecular complexity index is 1320. The molecule has 0 saturated carbocycles. The molecule has 8 heteroatoms. The molecule has 1 aliphatic rings. The summed E-state index contributed by atoms with van der Waals surface area (Å²) in [6.07, 6.45) is 5.24. The van der Waals surface area contributed by atoms with Crippen molar-refractivity contribution in [3.8, 4) is 34.7 Å².